The molecule has 1 aromatic heterocycles. The van der Waals surface area contributed by atoms with Crippen LogP contribution in [0.3, 0.4) is 0 Å². The summed E-state index contributed by atoms with van der Waals surface area (Å²) in [7, 11) is 1.72. The minimum Gasteiger partial charge on any atom is -0.372 e. The van der Waals surface area contributed by atoms with Crippen LogP contribution in [-0.2, 0) is 16.8 Å². The minimum absolute atomic E-state index is 0.0787. The summed E-state index contributed by atoms with van der Waals surface area (Å²) in [6.45, 7) is 2.03. The second kappa shape index (κ2) is 6.48. The van der Waals surface area contributed by atoms with Crippen LogP contribution < -0.4 is 4.90 Å². The molecule has 0 aliphatic carbocycles. The number of urea groups is 1. The molecule has 1 saturated heterocycles. The molecular formula is C20H23N3O2. The van der Waals surface area contributed by atoms with Crippen molar-refractivity contribution in [2.75, 3.05) is 31.6 Å². The van der Waals surface area contributed by atoms with Crippen LogP contribution in [0.25, 0.3) is 0 Å². The number of fused-ring (bicyclic) bond motifs is 1. The van der Waals surface area contributed by atoms with E-state index in [1.54, 1.807) is 13.3 Å². The molecule has 0 bridgehead atoms. The Kier molecular flexibility index (Phi) is 4.17. The van der Waals surface area contributed by atoms with Gasteiger partial charge in [-0.05, 0) is 30.5 Å². The predicted octanol–water partition coefficient (Wildman–Crippen LogP) is 3.20. The van der Waals surface area contributed by atoms with Crippen molar-refractivity contribution < 1.29 is 9.53 Å². The fourth-order valence-electron chi connectivity index (χ4n) is 4.00. The van der Waals surface area contributed by atoms with E-state index in [0.29, 0.717) is 13.1 Å². The number of carbonyl (C=O) groups excluding carboxylic acids is 1. The number of aryl methyl sites for hydroxylation is 1. The third kappa shape index (κ3) is 2.78. The van der Waals surface area contributed by atoms with Gasteiger partial charge in [0.2, 0.25) is 0 Å². The van der Waals surface area contributed by atoms with Gasteiger partial charge < -0.3 is 9.64 Å². The van der Waals surface area contributed by atoms with Crippen LogP contribution in [0.2, 0.25) is 0 Å². The largest absolute Gasteiger partial charge is 0.372 e. The summed E-state index contributed by atoms with van der Waals surface area (Å²) in [6, 6.07) is 12.2. The molecule has 2 aromatic rings. The number of carbonyl (C=O) groups is 1. The van der Waals surface area contributed by atoms with E-state index in [2.05, 4.69) is 11.1 Å². The quantitative estimate of drug-likeness (QED) is 0.845. The summed E-state index contributed by atoms with van der Waals surface area (Å²) in [5, 5.41) is 0. The van der Waals surface area contributed by atoms with Crippen molar-refractivity contribution in [3.05, 3.63) is 59.9 Å². The van der Waals surface area contributed by atoms with Crippen LogP contribution in [0.4, 0.5) is 10.5 Å². The minimum atomic E-state index is -0.459. The standard InChI is InChI=1S/C20H23N3O2/c1-25-20(17-8-4-11-21-14-17)10-13-22(15-20)19(24)23-12-5-7-16-6-2-3-9-18(16)23/h2-4,6,8-9,11,14H,5,7,10,12-13,15H2,1H3. The number of hydrogen-bond donors (Lipinski definition) is 0. The summed E-state index contributed by atoms with van der Waals surface area (Å²) >= 11 is 0. The number of likely N-dealkylation sites (tertiary alicyclic amines) is 1. The van der Waals surface area contributed by atoms with E-state index in [1.165, 1.54) is 5.56 Å². The fourth-order valence-corrected chi connectivity index (χ4v) is 4.00. The molecule has 5 nitrogen and oxygen atoms in total. The summed E-state index contributed by atoms with van der Waals surface area (Å²) in [5.41, 5.74) is 2.88. The van der Waals surface area contributed by atoms with Gasteiger partial charge in [0, 0.05) is 50.3 Å². The highest BCUT2D eigenvalue weighted by Gasteiger charge is 2.43. The molecule has 4 rings (SSSR count). The molecule has 25 heavy (non-hydrogen) atoms. The Bertz CT molecular complexity index is 765. The van der Waals surface area contributed by atoms with Crippen molar-refractivity contribution in [1.82, 2.24) is 9.88 Å². The summed E-state index contributed by atoms with van der Waals surface area (Å²) in [6.07, 6.45) is 6.44. The Balaban J connectivity index is 1.57. The number of benzene rings is 1. The van der Waals surface area contributed by atoms with Gasteiger partial charge in [-0.3, -0.25) is 9.88 Å². The van der Waals surface area contributed by atoms with Crippen LogP contribution in [0.1, 0.15) is 24.0 Å². The van der Waals surface area contributed by atoms with Gasteiger partial charge in [0.05, 0.1) is 6.54 Å². The van der Waals surface area contributed by atoms with Crippen molar-refractivity contribution in [3.8, 4) is 0 Å². The number of methoxy groups -OCH3 is 1. The van der Waals surface area contributed by atoms with E-state index >= 15 is 0 Å². The van der Waals surface area contributed by atoms with Crippen LogP contribution in [0, 0.1) is 0 Å². The van der Waals surface area contributed by atoms with Gasteiger partial charge in [0.25, 0.3) is 0 Å². The van der Waals surface area contributed by atoms with Crippen LogP contribution >= 0.6 is 0 Å². The lowest BCUT2D eigenvalue weighted by atomic mass is 9.94. The molecule has 130 valence electrons. The Morgan fingerprint density at radius 2 is 2.08 bits per heavy atom. The number of pyridine rings is 1. The normalized spacial score (nSPS) is 22.8. The smallest absolute Gasteiger partial charge is 0.324 e. The predicted molar refractivity (Wildman–Crippen MR) is 96.6 cm³/mol. The zero-order chi connectivity index (χ0) is 17.3. The van der Waals surface area contributed by atoms with Crippen LogP contribution in [-0.4, -0.2) is 42.7 Å². The number of hydrogen-bond acceptors (Lipinski definition) is 3. The molecule has 0 spiro atoms. The average Bonchev–Trinajstić information content (AvgIpc) is 3.14. The molecule has 5 heteroatoms. The topological polar surface area (TPSA) is 45.7 Å². The van der Waals surface area contributed by atoms with E-state index in [4.69, 9.17) is 4.74 Å². The van der Waals surface area contributed by atoms with Crippen molar-refractivity contribution in [3.63, 3.8) is 0 Å². The first-order chi connectivity index (χ1) is 12.2. The first-order valence-corrected chi connectivity index (χ1v) is 8.83. The maximum Gasteiger partial charge on any atom is 0.324 e. The lowest BCUT2D eigenvalue weighted by Gasteiger charge is -2.34. The van der Waals surface area contributed by atoms with Gasteiger partial charge in [-0.2, -0.15) is 0 Å². The zero-order valence-electron chi connectivity index (χ0n) is 14.5. The number of aromatic nitrogens is 1. The fraction of sp³-hybridized carbons (Fsp3) is 0.400. The molecule has 2 amide bonds. The number of rotatable bonds is 2. The van der Waals surface area contributed by atoms with Gasteiger partial charge in [0.1, 0.15) is 5.60 Å². The van der Waals surface area contributed by atoms with Gasteiger partial charge in [-0.15, -0.1) is 0 Å². The van der Waals surface area contributed by atoms with E-state index in [1.807, 2.05) is 46.3 Å². The van der Waals surface area contributed by atoms with Crippen molar-refractivity contribution in [1.29, 1.82) is 0 Å². The number of nitrogens with zero attached hydrogens (tertiary/aromatic N) is 3. The number of para-hydroxylation sites is 1. The summed E-state index contributed by atoms with van der Waals surface area (Å²) < 4.78 is 5.87. The van der Waals surface area contributed by atoms with Crippen molar-refractivity contribution >= 4 is 11.7 Å². The zero-order valence-corrected chi connectivity index (χ0v) is 14.5. The molecule has 2 aliphatic rings. The van der Waals surface area contributed by atoms with Crippen LogP contribution in [0.5, 0.6) is 0 Å². The molecule has 1 aromatic carbocycles. The maximum atomic E-state index is 13.2. The molecule has 0 saturated carbocycles. The molecule has 0 radical (unpaired) electrons. The molecule has 1 unspecified atom stereocenters. The molecule has 3 heterocycles. The highest BCUT2D eigenvalue weighted by atomic mass is 16.5. The number of anilines is 1. The second-order valence-electron chi connectivity index (χ2n) is 6.78. The van der Waals surface area contributed by atoms with E-state index in [9.17, 15) is 4.79 Å². The third-order valence-corrected chi connectivity index (χ3v) is 5.42. The molecule has 0 N–H and O–H groups in total. The first kappa shape index (κ1) is 16.1. The SMILES string of the molecule is COC1(c2cccnc2)CCN(C(=O)N2CCCc3ccccc32)C1. The van der Waals surface area contributed by atoms with Gasteiger partial charge in [0.15, 0.2) is 0 Å². The van der Waals surface area contributed by atoms with E-state index in [0.717, 1.165) is 37.1 Å². The molecule has 1 atom stereocenters. The summed E-state index contributed by atoms with van der Waals surface area (Å²) in [4.78, 5) is 21.2. The molecular weight excluding hydrogens is 314 g/mol. The van der Waals surface area contributed by atoms with Gasteiger partial charge >= 0.3 is 6.03 Å². The average molecular weight is 337 g/mol. The van der Waals surface area contributed by atoms with E-state index in [-0.39, 0.29) is 6.03 Å². The number of ether oxygens (including phenoxy) is 1. The van der Waals surface area contributed by atoms with Crippen molar-refractivity contribution in [2.24, 2.45) is 0 Å². The van der Waals surface area contributed by atoms with Gasteiger partial charge in [-0.1, -0.05) is 24.3 Å². The van der Waals surface area contributed by atoms with Gasteiger partial charge in [-0.25, -0.2) is 4.79 Å². The molecule has 1 fully saturated rings. The van der Waals surface area contributed by atoms with Crippen molar-refractivity contribution in [2.45, 2.75) is 24.9 Å². The number of amides is 2. The Hall–Kier alpha value is -2.40. The highest BCUT2D eigenvalue weighted by molar-refractivity contribution is 5.93. The Morgan fingerprint density at radius 1 is 1.20 bits per heavy atom. The van der Waals surface area contributed by atoms with E-state index < -0.39 is 5.60 Å². The lowest BCUT2D eigenvalue weighted by Crippen LogP contribution is -2.46. The maximum absolute atomic E-state index is 13.2. The third-order valence-electron chi connectivity index (χ3n) is 5.42. The lowest BCUT2D eigenvalue weighted by molar-refractivity contribution is -0.00330. The first-order valence-electron chi connectivity index (χ1n) is 8.83. The van der Waals surface area contributed by atoms with Crippen LogP contribution in [0.15, 0.2) is 48.8 Å². The highest BCUT2D eigenvalue weighted by Crippen LogP contribution is 2.36. The molecule has 2 aliphatic heterocycles. The monoisotopic (exact) mass is 337 g/mol. The second-order valence-corrected chi connectivity index (χ2v) is 6.78. The Morgan fingerprint density at radius 3 is 2.88 bits per heavy atom. The summed E-state index contributed by atoms with van der Waals surface area (Å²) in [5.74, 6) is 0. The Labute approximate surface area is 148 Å².